The molecule has 1 aromatic rings. The highest BCUT2D eigenvalue weighted by atomic mass is 32.2. The average Bonchev–Trinajstić information content (AvgIpc) is 2.36. The molecule has 0 aliphatic carbocycles. The first kappa shape index (κ1) is 16.0. The van der Waals surface area contributed by atoms with E-state index < -0.39 is 10.0 Å². The third kappa shape index (κ3) is 6.09. The molecular weight excluding hydrogens is 284 g/mol. The predicted octanol–water partition coefficient (Wildman–Crippen LogP) is 1.09. The second-order valence-electron chi connectivity index (χ2n) is 4.06. The quantitative estimate of drug-likeness (QED) is 0.738. The van der Waals surface area contributed by atoms with Crippen LogP contribution in [0.1, 0.15) is 18.4 Å². The Hall–Kier alpha value is -1.05. The van der Waals surface area contributed by atoms with Crippen LogP contribution in [-0.2, 0) is 21.4 Å². The first-order valence-corrected chi connectivity index (χ1v) is 8.75. The average molecular weight is 302 g/mol. The van der Waals surface area contributed by atoms with Crippen LogP contribution in [0.15, 0.2) is 29.2 Å². The molecule has 3 N–H and O–H groups in total. The first-order valence-electron chi connectivity index (χ1n) is 5.81. The van der Waals surface area contributed by atoms with Gasteiger partial charge in [0, 0.05) is 13.0 Å². The number of thioether (sulfide) groups is 1. The molecule has 0 saturated heterocycles. The summed E-state index contributed by atoms with van der Waals surface area (Å²) in [5.74, 6) is 0.973. The number of rotatable bonds is 7. The van der Waals surface area contributed by atoms with Gasteiger partial charge in [0.25, 0.3) is 0 Å². The summed E-state index contributed by atoms with van der Waals surface area (Å²) in [6.45, 7) is 0.392. The second kappa shape index (κ2) is 7.52. The van der Waals surface area contributed by atoms with Crippen molar-refractivity contribution in [1.82, 2.24) is 5.32 Å². The van der Waals surface area contributed by atoms with Gasteiger partial charge in [-0.1, -0.05) is 12.1 Å². The monoisotopic (exact) mass is 302 g/mol. The lowest BCUT2D eigenvalue weighted by atomic mass is 10.2. The van der Waals surface area contributed by atoms with Gasteiger partial charge in [0.1, 0.15) is 0 Å². The maximum atomic E-state index is 11.5. The maximum absolute atomic E-state index is 11.5. The molecule has 0 aromatic heterocycles. The molecule has 0 heterocycles. The van der Waals surface area contributed by atoms with Crippen molar-refractivity contribution in [2.24, 2.45) is 5.14 Å². The van der Waals surface area contributed by atoms with Gasteiger partial charge in [-0.05, 0) is 36.1 Å². The summed E-state index contributed by atoms with van der Waals surface area (Å²) in [5.41, 5.74) is 0.839. The summed E-state index contributed by atoms with van der Waals surface area (Å²) >= 11 is 1.71. The zero-order valence-corrected chi connectivity index (χ0v) is 12.4. The molecule has 0 radical (unpaired) electrons. The van der Waals surface area contributed by atoms with Gasteiger partial charge in [0.15, 0.2) is 0 Å². The van der Waals surface area contributed by atoms with Crippen LogP contribution in [0.4, 0.5) is 0 Å². The Morgan fingerprint density at radius 2 is 1.95 bits per heavy atom. The van der Waals surface area contributed by atoms with E-state index in [1.165, 1.54) is 12.1 Å². The standard InChI is InChI=1S/C12H18N2O3S2/c1-18-8-2-3-12(15)14-9-10-4-6-11(7-5-10)19(13,16)17/h4-7H,2-3,8-9H2,1H3,(H,14,15)(H2,13,16,17). The van der Waals surface area contributed by atoms with Crippen LogP contribution in [0.2, 0.25) is 0 Å². The summed E-state index contributed by atoms with van der Waals surface area (Å²) in [5, 5.41) is 7.78. The van der Waals surface area contributed by atoms with Crippen LogP contribution >= 0.6 is 11.8 Å². The fraction of sp³-hybridized carbons (Fsp3) is 0.417. The zero-order valence-electron chi connectivity index (χ0n) is 10.8. The van der Waals surface area contributed by atoms with Gasteiger partial charge in [0.05, 0.1) is 4.90 Å². The number of hydrogen-bond acceptors (Lipinski definition) is 4. The minimum atomic E-state index is -3.66. The number of sulfonamides is 1. The number of carbonyl (C=O) groups is 1. The summed E-state index contributed by atoms with van der Waals surface area (Å²) < 4.78 is 22.1. The first-order chi connectivity index (χ1) is 8.93. The van der Waals surface area contributed by atoms with Crippen LogP contribution in [-0.4, -0.2) is 26.3 Å². The van der Waals surface area contributed by atoms with Crippen molar-refractivity contribution in [3.63, 3.8) is 0 Å². The van der Waals surface area contributed by atoms with Crippen LogP contribution < -0.4 is 10.5 Å². The predicted molar refractivity (Wildman–Crippen MR) is 77.3 cm³/mol. The SMILES string of the molecule is CSCCCC(=O)NCc1ccc(S(N)(=O)=O)cc1. The van der Waals surface area contributed by atoms with Gasteiger partial charge in [-0.3, -0.25) is 4.79 Å². The fourth-order valence-corrected chi connectivity index (χ4v) is 2.41. The van der Waals surface area contributed by atoms with Crippen molar-refractivity contribution in [2.75, 3.05) is 12.0 Å². The third-order valence-electron chi connectivity index (χ3n) is 2.49. The molecule has 106 valence electrons. The van der Waals surface area contributed by atoms with Gasteiger partial charge in [-0.2, -0.15) is 11.8 Å². The summed E-state index contributed by atoms with van der Waals surface area (Å²) in [7, 11) is -3.66. The Bertz CT molecular complexity index is 512. The Labute approximate surface area is 118 Å². The Balaban J connectivity index is 2.44. The second-order valence-corrected chi connectivity index (χ2v) is 6.61. The molecule has 0 bridgehead atoms. The van der Waals surface area contributed by atoms with E-state index in [1.54, 1.807) is 23.9 Å². The Morgan fingerprint density at radius 3 is 2.47 bits per heavy atom. The molecule has 1 aromatic carbocycles. The van der Waals surface area contributed by atoms with E-state index in [0.29, 0.717) is 13.0 Å². The number of hydrogen-bond donors (Lipinski definition) is 2. The highest BCUT2D eigenvalue weighted by molar-refractivity contribution is 7.98. The van der Waals surface area contributed by atoms with Gasteiger partial charge < -0.3 is 5.32 Å². The third-order valence-corrected chi connectivity index (χ3v) is 4.12. The van der Waals surface area contributed by atoms with Crippen molar-refractivity contribution in [2.45, 2.75) is 24.3 Å². The van der Waals surface area contributed by atoms with E-state index >= 15 is 0 Å². The highest BCUT2D eigenvalue weighted by Gasteiger charge is 2.07. The molecule has 0 atom stereocenters. The smallest absolute Gasteiger partial charge is 0.238 e. The van der Waals surface area contributed by atoms with Crippen molar-refractivity contribution >= 4 is 27.7 Å². The summed E-state index contributed by atoms with van der Waals surface area (Å²) in [6, 6.07) is 6.15. The molecular formula is C12H18N2O3S2. The molecule has 0 aliphatic heterocycles. The van der Waals surface area contributed by atoms with Gasteiger partial charge in [-0.25, -0.2) is 13.6 Å². The Morgan fingerprint density at radius 1 is 1.32 bits per heavy atom. The number of nitrogens with two attached hydrogens (primary N) is 1. The van der Waals surface area contributed by atoms with E-state index in [2.05, 4.69) is 5.32 Å². The number of nitrogens with one attached hydrogen (secondary N) is 1. The minimum Gasteiger partial charge on any atom is -0.352 e. The molecule has 0 fully saturated rings. The Kier molecular flexibility index (Phi) is 6.33. The van der Waals surface area contributed by atoms with Crippen LogP contribution in [0.3, 0.4) is 0 Å². The minimum absolute atomic E-state index is 0.00423. The number of benzene rings is 1. The number of amides is 1. The lowest BCUT2D eigenvalue weighted by Crippen LogP contribution is -2.22. The van der Waals surface area contributed by atoms with E-state index in [-0.39, 0.29) is 10.8 Å². The molecule has 0 spiro atoms. The fourth-order valence-electron chi connectivity index (χ4n) is 1.46. The largest absolute Gasteiger partial charge is 0.352 e. The van der Waals surface area contributed by atoms with Crippen molar-refractivity contribution in [3.05, 3.63) is 29.8 Å². The topological polar surface area (TPSA) is 89.3 Å². The van der Waals surface area contributed by atoms with E-state index in [0.717, 1.165) is 17.7 Å². The van der Waals surface area contributed by atoms with E-state index in [1.807, 2.05) is 6.26 Å². The van der Waals surface area contributed by atoms with Crippen molar-refractivity contribution < 1.29 is 13.2 Å². The summed E-state index contributed by atoms with van der Waals surface area (Å²) in [6.07, 6.45) is 3.37. The normalized spacial score (nSPS) is 11.3. The number of carbonyl (C=O) groups excluding carboxylic acids is 1. The molecule has 0 unspecified atom stereocenters. The van der Waals surface area contributed by atoms with Crippen LogP contribution in [0.5, 0.6) is 0 Å². The molecule has 1 rings (SSSR count). The maximum Gasteiger partial charge on any atom is 0.238 e. The molecule has 0 aliphatic rings. The summed E-state index contributed by atoms with van der Waals surface area (Å²) in [4.78, 5) is 11.6. The zero-order chi connectivity index (χ0) is 14.3. The van der Waals surface area contributed by atoms with E-state index in [4.69, 9.17) is 5.14 Å². The molecule has 19 heavy (non-hydrogen) atoms. The van der Waals surface area contributed by atoms with E-state index in [9.17, 15) is 13.2 Å². The van der Waals surface area contributed by atoms with Gasteiger partial charge in [0.2, 0.25) is 15.9 Å². The highest BCUT2D eigenvalue weighted by Crippen LogP contribution is 2.08. The molecule has 1 amide bonds. The lowest BCUT2D eigenvalue weighted by Gasteiger charge is -2.06. The van der Waals surface area contributed by atoms with Crippen molar-refractivity contribution in [1.29, 1.82) is 0 Å². The molecule has 7 heteroatoms. The number of primary sulfonamides is 1. The van der Waals surface area contributed by atoms with Crippen molar-refractivity contribution in [3.8, 4) is 0 Å². The lowest BCUT2D eigenvalue weighted by molar-refractivity contribution is -0.121. The molecule has 5 nitrogen and oxygen atoms in total. The van der Waals surface area contributed by atoms with Gasteiger partial charge >= 0.3 is 0 Å². The van der Waals surface area contributed by atoms with Crippen LogP contribution in [0.25, 0.3) is 0 Å². The van der Waals surface area contributed by atoms with Gasteiger partial charge in [-0.15, -0.1) is 0 Å². The molecule has 0 saturated carbocycles. The van der Waals surface area contributed by atoms with Crippen LogP contribution in [0, 0.1) is 0 Å².